The predicted octanol–water partition coefficient (Wildman–Crippen LogP) is 4.37. The van der Waals surface area contributed by atoms with Crippen LogP contribution in [0.1, 0.15) is 37.4 Å². The van der Waals surface area contributed by atoms with Crippen LogP contribution in [-0.2, 0) is 4.79 Å². The van der Waals surface area contributed by atoms with Gasteiger partial charge in [-0.3, -0.25) is 9.78 Å². The number of aliphatic carboxylic acids is 1. The molecule has 1 unspecified atom stereocenters. The van der Waals surface area contributed by atoms with E-state index < -0.39 is 5.97 Å². The van der Waals surface area contributed by atoms with Gasteiger partial charge in [-0.2, -0.15) is 0 Å². The number of nitrogens with zero attached hydrogens (tertiary/aromatic N) is 1. The average Bonchev–Trinajstić information content (AvgIpc) is 2.49. The maximum atomic E-state index is 11.0. The van der Waals surface area contributed by atoms with E-state index in [-0.39, 0.29) is 12.3 Å². The lowest BCUT2D eigenvalue weighted by atomic mass is 9.92. The minimum absolute atomic E-state index is 0.0125. The third-order valence-corrected chi connectivity index (χ3v) is 2.95. The van der Waals surface area contributed by atoms with Crippen molar-refractivity contribution < 1.29 is 9.90 Å². The third-order valence-electron chi connectivity index (χ3n) is 2.70. The second-order valence-electron chi connectivity index (χ2n) is 3.96. The highest BCUT2D eigenvalue weighted by Gasteiger charge is 2.18. The monoisotopic (exact) mass is 291 g/mol. The van der Waals surface area contributed by atoms with Gasteiger partial charge in [0, 0.05) is 22.8 Å². The van der Waals surface area contributed by atoms with Crippen molar-refractivity contribution in [3.05, 3.63) is 64.9 Å². The summed E-state index contributed by atoms with van der Waals surface area (Å²) in [5, 5.41) is 9.64. The molecular weight excluding hydrogens is 274 g/mol. The number of carbonyl (C=O) groups is 1. The van der Waals surface area contributed by atoms with E-state index in [0.29, 0.717) is 5.02 Å². The van der Waals surface area contributed by atoms with E-state index in [9.17, 15) is 4.79 Å². The molecule has 0 radical (unpaired) electrons. The Hall–Kier alpha value is -1.87. The van der Waals surface area contributed by atoms with Crippen LogP contribution in [-0.4, -0.2) is 16.1 Å². The zero-order chi connectivity index (χ0) is 15.0. The summed E-state index contributed by atoms with van der Waals surface area (Å²) in [7, 11) is 0. The van der Waals surface area contributed by atoms with Crippen molar-refractivity contribution in [2.24, 2.45) is 0 Å². The average molecular weight is 292 g/mol. The van der Waals surface area contributed by atoms with Crippen molar-refractivity contribution in [2.75, 3.05) is 0 Å². The number of aromatic nitrogens is 1. The lowest BCUT2D eigenvalue weighted by Gasteiger charge is -2.14. The summed E-state index contributed by atoms with van der Waals surface area (Å²) in [6, 6.07) is 12.7. The first-order valence-electron chi connectivity index (χ1n) is 6.55. The van der Waals surface area contributed by atoms with E-state index in [0.717, 1.165) is 11.3 Å². The van der Waals surface area contributed by atoms with E-state index in [2.05, 4.69) is 4.98 Å². The van der Waals surface area contributed by atoms with Crippen molar-refractivity contribution in [1.82, 2.24) is 4.98 Å². The first-order chi connectivity index (χ1) is 9.66. The topological polar surface area (TPSA) is 50.2 Å². The Balaban J connectivity index is 0.000000956. The van der Waals surface area contributed by atoms with Crippen LogP contribution in [0.5, 0.6) is 0 Å². The summed E-state index contributed by atoms with van der Waals surface area (Å²) >= 11 is 5.84. The predicted molar refractivity (Wildman–Crippen MR) is 81.1 cm³/mol. The largest absolute Gasteiger partial charge is 0.481 e. The van der Waals surface area contributed by atoms with Gasteiger partial charge in [0.2, 0.25) is 0 Å². The second-order valence-corrected chi connectivity index (χ2v) is 4.39. The molecular formula is C16H18ClNO2. The van der Waals surface area contributed by atoms with E-state index in [4.69, 9.17) is 16.7 Å². The van der Waals surface area contributed by atoms with Crippen LogP contribution in [0.3, 0.4) is 0 Å². The zero-order valence-electron chi connectivity index (χ0n) is 11.6. The molecule has 1 aromatic carbocycles. The third kappa shape index (κ3) is 4.67. The lowest BCUT2D eigenvalue weighted by molar-refractivity contribution is -0.137. The minimum Gasteiger partial charge on any atom is -0.481 e. The summed E-state index contributed by atoms with van der Waals surface area (Å²) in [5.74, 6) is -1.10. The van der Waals surface area contributed by atoms with Gasteiger partial charge in [0.25, 0.3) is 0 Å². The number of carboxylic acid groups (broad SMARTS) is 1. The lowest BCUT2D eigenvalue weighted by Crippen LogP contribution is -2.09. The summed E-state index contributed by atoms with van der Waals surface area (Å²) in [6.45, 7) is 4.00. The number of rotatable bonds is 4. The van der Waals surface area contributed by atoms with E-state index in [1.54, 1.807) is 18.3 Å². The number of carboxylic acids is 1. The van der Waals surface area contributed by atoms with Gasteiger partial charge in [0.1, 0.15) is 0 Å². The van der Waals surface area contributed by atoms with Crippen LogP contribution in [0.2, 0.25) is 5.02 Å². The highest BCUT2D eigenvalue weighted by molar-refractivity contribution is 6.30. The molecule has 0 bridgehead atoms. The summed E-state index contributed by atoms with van der Waals surface area (Å²) in [5.41, 5.74) is 1.66. The summed E-state index contributed by atoms with van der Waals surface area (Å²) in [4.78, 5) is 15.2. The van der Waals surface area contributed by atoms with Crippen molar-refractivity contribution in [2.45, 2.75) is 26.2 Å². The molecule has 3 nitrogen and oxygen atoms in total. The van der Waals surface area contributed by atoms with Crippen LogP contribution in [0, 0.1) is 0 Å². The SMILES string of the molecule is CC.O=C(O)CC(c1ccc(Cl)cc1)c1ccccn1. The maximum Gasteiger partial charge on any atom is 0.304 e. The molecule has 0 aliphatic carbocycles. The molecule has 20 heavy (non-hydrogen) atoms. The second kappa shape index (κ2) is 8.33. The van der Waals surface area contributed by atoms with Crippen LogP contribution >= 0.6 is 11.6 Å². The molecule has 0 saturated heterocycles. The molecule has 4 heteroatoms. The standard InChI is InChI=1S/C14H12ClNO2.C2H6/c15-11-6-4-10(5-7-11)12(9-14(17)18)13-3-1-2-8-16-13;1-2/h1-8,12H,9H2,(H,17,18);1-2H3. The molecule has 0 amide bonds. The molecule has 1 N–H and O–H groups in total. The molecule has 2 rings (SSSR count). The number of pyridine rings is 1. The molecule has 106 valence electrons. The highest BCUT2D eigenvalue weighted by Crippen LogP contribution is 2.27. The first kappa shape index (κ1) is 16.2. The van der Waals surface area contributed by atoms with Crippen LogP contribution in [0.15, 0.2) is 48.7 Å². The zero-order valence-corrected chi connectivity index (χ0v) is 12.3. The molecule has 0 aliphatic rings. The van der Waals surface area contributed by atoms with Gasteiger partial charge in [0.15, 0.2) is 0 Å². The fraction of sp³-hybridized carbons (Fsp3) is 0.250. The van der Waals surface area contributed by atoms with E-state index >= 15 is 0 Å². The van der Waals surface area contributed by atoms with Crippen molar-refractivity contribution in [1.29, 1.82) is 0 Å². The molecule has 2 aromatic rings. The number of hydrogen-bond donors (Lipinski definition) is 1. The van der Waals surface area contributed by atoms with Gasteiger partial charge in [-0.1, -0.05) is 43.6 Å². The molecule has 1 atom stereocenters. The molecule has 0 saturated carbocycles. The van der Waals surface area contributed by atoms with Crippen LogP contribution in [0.25, 0.3) is 0 Å². The summed E-state index contributed by atoms with van der Waals surface area (Å²) in [6.07, 6.45) is 1.68. The van der Waals surface area contributed by atoms with E-state index in [1.807, 2.05) is 44.2 Å². The minimum atomic E-state index is -0.847. The summed E-state index contributed by atoms with van der Waals surface area (Å²) < 4.78 is 0. The van der Waals surface area contributed by atoms with Crippen molar-refractivity contribution >= 4 is 17.6 Å². The van der Waals surface area contributed by atoms with Crippen molar-refractivity contribution in [3.8, 4) is 0 Å². The van der Waals surface area contributed by atoms with Gasteiger partial charge in [0.05, 0.1) is 6.42 Å². The van der Waals surface area contributed by atoms with Crippen LogP contribution < -0.4 is 0 Å². The normalized spacial score (nSPS) is 11.2. The van der Waals surface area contributed by atoms with Gasteiger partial charge in [-0.25, -0.2) is 0 Å². The Morgan fingerprint density at radius 1 is 1.20 bits per heavy atom. The van der Waals surface area contributed by atoms with Crippen molar-refractivity contribution in [3.63, 3.8) is 0 Å². The highest BCUT2D eigenvalue weighted by atomic mass is 35.5. The number of benzene rings is 1. The Morgan fingerprint density at radius 2 is 1.85 bits per heavy atom. The molecule has 1 heterocycles. The molecule has 0 spiro atoms. The van der Waals surface area contributed by atoms with Gasteiger partial charge in [-0.15, -0.1) is 0 Å². The molecule has 0 fully saturated rings. The fourth-order valence-corrected chi connectivity index (χ4v) is 1.97. The van der Waals surface area contributed by atoms with E-state index in [1.165, 1.54) is 0 Å². The quantitative estimate of drug-likeness (QED) is 0.910. The van der Waals surface area contributed by atoms with Crippen LogP contribution in [0.4, 0.5) is 0 Å². The van der Waals surface area contributed by atoms with Gasteiger partial charge in [-0.05, 0) is 29.8 Å². The van der Waals surface area contributed by atoms with Gasteiger partial charge < -0.3 is 5.11 Å². The Labute approximate surface area is 124 Å². The first-order valence-corrected chi connectivity index (χ1v) is 6.93. The van der Waals surface area contributed by atoms with Gasteiger partial charge >= 0.3 is 5.97 Å². The number of hydrogen-bond acceptors (Lipinski definition) is 2. The smallest absolute Gasteiger partial charge is 0.304 e. The Morgan fingerprint density at radius 3 is 2.35 bits per heavy atom. The Kier molecular flexibility index (Phi) is 6.74. The Bertz CT molecular complexity index is 526. The molecule has 0 aliphatic heterocycles. The fourth-order valence-electron chi connectivity index (χ4n) is 1.84. The molecule has 1 aromatic heterocycles. The maximum absolute atomic E-state index is 11.0. The number of halogens is 1.